The molecule has 2 atom stereocenters. The Bertz CT molecular complexity index is 648. The fraction of sp³-hybridized carbons (Fsp3) is 0.600. The van der Waals surface area contributed by atoms with Gasteiger partial charge < -0.3 is 14.5 Å². The lowest BCUT2D eigenvalue weighted by molar-refractivity contribution is -0.134. The lowest BCUT2D eigenvalue weighted by Gasteiger charge is -2.35. The van der Waals surface area contributed by atoms with Crippen molar-refractivity contribution < 1.29 is 14.3 Å². The maximum atomic E-state index is 12.5. The highest BCUT2D eigenvalue weighted by Crippen LogP contribution is 2.33. The average molecular weight is 344 g/mol. The van der Waals surface area contributed by atoms with Crippen LogP contribution in [-0.2, 0) is 9.59 Å². The summed E-state index contributed by atoms with van der Waals surface area (Å²) in [6, 6.07) is 5.86. The molecule has 2 aliphatic heterocycles. The number of likely N-dealkylation sites (tertiary alicyclic amines) is 1. The van der Waals surface area contributed by atoms with Crippen molar-refractivity contribution in [3.05, 3.63) is 23.8 Å². The van der Waals surface area contributed by atoms with Gasteiger partial charge in [0, 0.05) is 26.1 Å². The van der Waals surface area contributed by atoms with Gasteiger partial charge in [-0.2, -0.15) is 0 Å². The van der Waals surface area contributed by atoms with Crippen LogP contribution < -0.4 is 9.64 Å². The molecule has 2 aliphatic rings. The van der Waals surface area contributed by atoms with E-state index < -0.39 is 0 Å². The van der Waals surface area contributed by atoms with Gasteiger partial charge in [0.1, 0.15) is 5.75 Å². The molecule has 0 unspecified atom stereocenters. The number of carbonyl (C=O) groups excluding carboxylic acids is 2. The van der Waals surface area contributed by atoms with E-state index in [0.29, 0.717) is 31.2 Å². The summed E-state index contributed by atoms with van der Waals surface area (Å²) in [5.41, 5.74) is 1.92. The van der Waals surface area contributed by atoms with Crippen molar-refractivity contribution in [2.75, 3.05) is 31.1 Å². The first-order valence-corrected chi connectivity index (χ1v) is 9.25. The lowest BCUT2D eigenvalue weighted by Crippen LogP contribution is -2.43. The van der Waals surface area contributed by atoms with E-state index in [0.717, 1.165) is 30.1 Å². The first-order chi connectivity index (χ1) is 11.9. The summed E-state index contributed by atoms with van der Waals surface area (Å²) in [6.45, 7) is 8.78. The Morgan fingerprint density at radius 1 is 1.24 bits per heavy atom. The second-order valence-corrected chi connectivity index (χ2v) is 7.65. The van der Waals surface area contributed by atoms with Gasteiger partial charge in [-0.05, 0) is 49.3 Å². The molecule has 0 radical (unpaired) electrons. The summed E-state index contributed by atoms with van der Waals surface area (Å²) < 4.78 is 5.50. The number of amides is 2. The Kier molecular flexibility index (Phi) is 5.30. The fourth-order valence-corrected chi connectivity index (χ4v) is 3.97. The first kappa shape index (κ1) is 17.8. The molecule has 1 saturated heterocycles. The van der Waals surface area contributed by atoms with Crippen LogP contribution in [0.3, 0.4) is 0 Å². The molecule has 5 heteroatoms. The Morgan fingerprint density at radius 2 is 1.96 bits per heavy atom. The Hall–Kier alpha value is -2.04. The summed E-state index contributed by atoms with van der Waals surface area (Å²) >= 11 is 0. The van der Waals surface area contributed by atoms with Gasteiger partial charge in [-0.1, -0.05) is 19.9 Å². The second kappa shape index (κ2) is 7.46. The third kappa shape index (κ3) is 4.14. The number of hydrogen-bond acceptors (Lipinski definition) is 3. The van der Waals surface area contributed by atoms with Crippen molar-refractivity contribution in [2.24, 2.45) is 11.8 Å². The van der Waals surface area contributed by atoms with E-state index in [2.05, 4.69) is 13.8 Å². The minimum absolute atomic E-state index is 0.0363. The molecule has 3 rings (SSSR count). The van der Waals surface area contributed by atoms with Crippen molar-refractivity contribution in [3.63, 3.8) is 0 Å². The van der Waals surface area contributed by atoms with Crippen molar-refractivity contribution in [1.82, 2.24) is 4.90 Å². The van der Waals surface area contributed by atoms with Gasteiger partial charge >= 0.3 is 0 Å². The summed E-state index contributed by atoms with van der Waals surface area (Å²) in [5, 5.41) is 0. The zero-order chi connectivity index (χ0) is 18.0. The number of hydrogen-bond donors (Lipinski definition) is 0. The lowest BCUT2D eigenvalue weighted by atomic mass is 9.91. The van der Waals surface area contributed by atoms with E-state index in [4.69, 9.17) is 4.74 Å². The summed E-state index contributed by atoms with van der Waals surface area (Å²) in [4.78, 5) is 28.5. The van der Waals surface area contributed by atoms with Crippen LogP contribution in [0.5, 0.6) is 5.75 Å². The van der Waals surface area contributed by atoms with Gasteiger partial charge in [0.15, 0.2) is 6.61 Å². The fourth-order valence-electron chi connectivity index (χ4n) is 3.97. The topological polar surface area (TPSA) is 49.9 Å². The van der Waals surface area contributed by atoms with E-state index in [1.165, 1.54) is 6.42 Å². The monoisotopic (exact) mass is 344 g/mol. The molecule has 2 heterocycles. The highest BCUT2D eigenvalue weighted by Gasteiger charge is 2.27. The molecule has 1 aromatic carbocycles. The molecular weight excluding hydrogens is 316 g/mol. The number of benzene rings is 1. The van der Waals surface area contributed by atoms with Crippen molar-refractivity contribution in [1.29, 1.82) is 0 Å². The molecule has 0 saturated carbocycles. The summed E-state index contributed by atoms with van der Waals surface area (Å²) in [6.07, 6.45) is 2.37. The highest BCUT2D eigenvalue weighted by molar-refractivity contribution is 5.98. The highest BCUT2D eigenvalue weighted by atomic mass is 16.5. The standard InChI is InChI=1S/C20H28N2O3/c1-14-6-7-18-17(10-14)22(20(24)13-25-18)8-4-5-19(23)21-11-15(2)9-16(3)12-21/h6-7,10,15-16H,4-5,8-9,11-13H2,1-3H3/t15-,16-/m1/s1. The number of rotatable bonds is 4. The van der Waals surface area contributed by atoms with Crippen LogP contribution >= 0.6 is 0 Å². The first-order valence-electron chi connectivity index (χ1n) is 9.25. The van der Waals surface area contributed by atoms with Crippen LogP contribution in [0.4, 0.5) is 5.69 Å². The summed E-state index contributed by atoms with van der Waals surface area (Å²) in [7, 11) is 0. The Labute approximate surface area is 149 Å². The molecular formula is C20H28N2O3. The number of fused-ring (bicyclic) bond motifs is 1. The van der Waals surface area contributed by atoms with E-state index in [1.54, 1.807) is 4.90 Å². The average Bonchev–Trinajstić information content (AvgIpc) is 2.56. The van der Waals surface area contributed by atoms with Crippen molar-refractivity contribution in [3.8, 4) is 5.75 Å². The van der Waals surface area contributed by atoms with Crippen LogP contribution in [0.1, 0.15) is 38.7 Å². The molecule has 0 aliphatic carbocycles. The van der Waals surface area contributed by atoms with Gasteiger partial charge in [0.25, 0.3) is 5.91 Å². The van der Waals surface area contributed by atoms with Crippen LogP contribution in [0, 0.1) is 18.8 Å². The zero-order valence-electron chi connectivity index (χ0n) is 15.5. The van der Waals surface area contributed by atoms with Gasteiger partial charge in [-0.3, -0.25) is 9.59 Å². The van der Waals surface area contributed by atoms with Crippen LogP contribution in [0.2, 0.25) is 0 Å². The van der Waals surface area contributed by atoms with Crippen LogP contribution in [0.25, 0.3) is 0 Å². The maximum absolute atomic E-state index is 12.5. The SMILES string of the molecule is Cc1ccc2c(c1)N(CCCC(=O)N1C[C@H](C)C[C@@H](C)C1)C(=O)CO2. The third-order valence-electron chi connectivity index (χ3n) is 5.05. The van der Waals surface area contributed by atoms with Crippen molar-refractivity contribution >= 4 is 17.5 Å². The van der Waals surface area contributed by atoms with E-state index in [9.17, 15) is 9.59 Å². The van der Waals surface area contributed by atoms with Crippen molar-refractivity contribution in [2.45, 2.75) is 40.0 Å². The Balaban J connectivity index is 1.58. The number of aryl methyl sites for hydroxylation is 1. The molecule has 25 heavy (non-hydrogen) atoms. The summed E-state index contributed by atoms with van der Waals surface area (Å²) in [5.74, 6) is 2.07. The molecule has 0 bridgehead atoms. The van der Waals surface area contributed by atoms with Crippen LogP contribution in [0.15, 0.2) is 18.2 Å². The number of ether oxygens (including phenoxy) is 1. The predicted octanol–water partition coefficient (Wildman–Crippen LogP) is 3.01. The molecule has 5 nitrogen and oxygen atoms in total. The largest absolute Gasteiger partial charge is 0.482 e. The molecule has 2 amide bonds. The zero-order valence-corrected chi connectivity index (χ0v) is 15.5. The van der Waals surface area contributed by atoms with Gasteiger partial charge in [-0.25, -0.2) is 0 Å². The number of carbonyl (C=O) groups is 2. The quantitative estimate of drug-likeness (QED) is 0.844. The van der Waals surface area contributed by atoms with E-state index in [-0.39, 0.29) is 18.4 Å². The minimum atomic E-state index is -0.0363. The molecule has 1 aromatic rings. The number of nitrogens with zero attached hydrogens (tertiary/aromatic N) is 2. The molecule has 0 N–H and O–H groups in total. The molecule has 136 valence electrons. The molecule has 0 aromatic heterocycles. The predicted molar refractivity (Wildman–Crippen MR) is 97.8 cm³/mol. The normalized spacial score (nSPS) is 23.2. The Morgan fingerprint density at radius 3 is 2.68 bits per heavy atom. The van der Waals surface area contributed by atoms with E-state index in [1.807, 2.05) is 30.0 Å². The second-order valence-electron chi connectivity index (χ2n) is 7.65. The minimum Gasteiger partial charge on any atom is -0.482 e. The maximum Gasteiger partial charge on any atom is 0.265 e. The van der Waals surface area contributed by atoms with Crippen LogP contribution in [-0.4, -0.2) is 43.0 Å². The van der Waals surface area contributed by atoms with Gasteiger partial charge in [0.05, 0.1) is 5.69 Å². The molecule has 0 spiro atoms. The van der Waals surface area contributed by atoms with E-state index >= 15 is 0 Å². The van der Waals surface area contributed by atoms with Gasteiger partial charge in [-0.15, -0.1) is 0 Å². The number of anilines is 1. The molecule has 1 fully saturated rings. The third-order valence-corrected chi connectivity index (χ3v) is 5.05. The number of piperidine rings is 1. The smallest absolute Gasteiger partial charge is 0.265 e. The van der Waals surface area contributed by atoms with Gasteiger partial charge in [0.2, 0.25) is 5.91 Å².